The number of nitro benzene ring substituents is 1. The molecule has 0 saturated heterocycles. The second kappa shape index (κ2) is 7.08. The number of carboxylic acids is 2. The van der Waals surface area contributed by atoms with Crippen LogP contribution in [0.1, 0.15) is 6.92 Å². The number of benzene rings is 1. The van der Waals surface area contributed by atoms with Crippen LogP contribution in [0.2, 0.25) is 0 Å². The Morgan fingerprint density at radius 2 is 1.86 bits per heavy atom. The number of nitrogens with zero attached hydrogens (tertiary/aromatic N) is 2. The number of aliphatic carboxylic acids is 2. The number of anilines is 1. The number of hydrogen-bond acceptors (Lipinski definition) is 6. The van der Waals surface area contributed by atoms with Crippen LogP contribution >= 0.6 is 0 Å². The normalized spacial score (nSPS) is 9.95. The molecule has 0 unspecified atom stereocenters. The van der Waals surface area contributed by atoms with Crippen molar-refractivity contribution in [3.05, 3.63) is 28.3 Å². The van der Waals surface area contributed by atoms with Crippen LogP contribution < -0.4 is 9.64 Å². The Hall–Kier alpha value is -2.84. The fraction of sp³-hybridized carbons (Fsp3) is 0.333. The Bertz CT molecular complexity index is 543. The van der Waals surface area contributed by atoms with Crippen molar-refractivity contribution in [2.24, 2.45) is 0 Å². The van der Waals surface area contributed by atoms with Gasteiger partial charge in [-0.2, -0.15) is 0 Å². The Labute approximate surface area is 119 Å². The quantitative estimate of drug-likeness (QED) is 0.536. The molecular formula is C12H14N2O7. The third-order valence-electron chi connectivity index (χ3n) is 2.46. The second-order valence-electron chi connectivity index (χ2n) is 3.99. The summed E-state index contributed by atoms with van der Waals surface area (Å²) < 4.78 is 5.14. The van der Waals surface area contributed by atoms with Gasteiger partial charge in [0.15, 0.2) is 5.75 Å². The zero-order valence-corrected chi connectivity index (χ0v) is 11.2. The summed E-state index contributed by atoms with van der Waals surface area (Å²) in [6, 6.07) is 3.69. The topological polar surface area (TPSA) is 130 Å². The predicted octanol–water partition coefficient (Wildman–Crippen LogP) is 0.969. The molecule has 114 valence electrons. The van der Waals surface area contributed by atoms with Crippen molar-refractivity contribution in [2.75, 3.05) is 24.6 Å². The third kappa shape index (κ3) is 4.64. The molecule has 0 aliphatic rings. The lowest BCUT2D eigenvalue weighted by molar-refractivity contribution is -0.385. The average Bonchev–Trinajstić information content (AvgIpc) is 2.36. The summed E-state index contributed by atoms with van der Waals surface area (Å²) in [6.07, 6.45) is 0. The van der Waals surface area contributed by atoms with Crippen molar-refractivity contribution >= 4 is 23.3 Å². The molecule has 0 spiro atoms. The van der Waals surface area contributed by atoms with Crippen molar-refractivity contribution in [3.63, 3.8) is 0 Å². The first-order chi connectivity index (χ1) is 9.85. The number of nitro groups is 1. The van der Waals surface area contributed by atoms with E-state index < -0.39 is 30.0 Å². The highest BCUT2D eigenvalue weighted by molar-refractivity contribution is 5.80. The third-order valence-corrected chi connectivity index (χ3v) is 2.46. The van der Waals surface area contributed by atoms with Crippen LogP contribution in [-0.2, 0) is 9.59 Å². The summed E-state index contributed by atoms with van der Waals surface area (Å²) in [5.41, 5.74) is -0.0555. The first kappa shape index (κ1) is 16.2. The standard InChI is InChI=1S/C12H14N2O7/c1-2-21-10-5-8(3-4-9(10)14(19)20)13(6-11(15)16)7-12(17)18/h3-5H,2,6-7H2,1H3,(H,15,16)(H,17,18). The molecule has 0 amide bonds. The highest BCUT2D eigenvalue weighted by Crippen LogP contribution is 2.31. The zero-order chi connectivity index (χ0) is 16.0. The SMILES string of the molecule is CCOc1cc(N(CC(=O)O)CC(=O)O)ccc1[N+](=O)[O-]. The van der Waals surface area contributed by atoms with Crippen molar-refractivity contribution in [3.8, 4) is 5.75 Å². The molecule has 0 fully saturated rings. The van der Waals surface area contributed by atoms with Crippen LogP contribution in [0.5, 0.6) is 5.75 Å². The molecule has 9 nitrogen and oxygen atoms in total. The minimum Gasteiger partial charge on any atom is -0.487 e. The van der Waals surface area contributed by atoms with Gasteiger partial charge in [0.05, 0.1) is 11.5 Å². The molecule has 0 bridgehead atoms. The maximum atomic E-state index is 10.9. The molecule has 0 atom stereocenters. The Balaban J connectivity index is 3.18. The summed E-state index contributed by atoms with van der Waals surface area (Å²) in [4.78, 5) is 32.8. The van der Waals surface area contributed by atoms with E-state index in [1.54, 1.807) is 6.92 Å². The molecule has 1 rings (SSSR count). The van der Waals surface area contributed by atoms with Crippen molar-refractivity contribution in [1.82, 2.24) is 0 Å². The van der Waals surface area contributed by atoms with Gasteiger partial charge >= 0.3 is 17.6 Å². The molecule has 0 heterocycles. The van der Waals surface area contributed by atoms with Gasteiger partial charge in [0, 0.05) is 17.8 Å². The molecule has 0 aliphatic carbocycles. The summed E-state index contributed by atoms with van der Waals surface area (Å²) in [5.74, 6) is -2.47. The molecule has 0 aromatic heterocycles. The van der Waals surface area contributed by atoms with Crippen molar-refractivity contribution in [1.29, 1.82) is 0 Å². The van der Waals surface area contributed by atoms with Crippen molar-refractivity contribution < 1.29 is 29.5 Å². The Kier molecular flexibility index (Phi) is 5.47. The molecule has 0 aliphatic heterocycles. The van der Waals surface area contributed by atoms with Gasteiger partial charge in [0.2, 0.25) is 0 Å². The Morgan fingerprint density at radius 3 is 2.29 bits per heavy atom. The maximum absolute atomic E-state index is 10.9. The second-order valence-corrected chi connectivity index (χ2v) is 3.99. The molecule has 0 radical (unpaired) electrons. The van der Waals surface area contributed by atoms with Gasteiger partial charge in [-0.25, -0.2) is 0 Å². The zero-order valence-electron chi connectivity index (χ0n) is 11.2. The van der Waals surface area contributed by atoms with E-state index in [2.05, 4.69) is 0 Å². The van der Waals surface area contributed by atoms with Gasteiger partial charge in [0.25, 0.3) is 0 Å². The molecule has 1 aromatic rings. The van der Waals surface area contributed by atoms with Gasteiger partial charge in [-0.1, -0.05) is 0 Å². The minimum absolute atomic E-state index is 0.0409. The van der Waals surface area contributed by atoms with Gasteiger partial charge < -0.3 is 19.8 Å². The smallest absolute Gasteiger partial charge is 0.323 e. The van der Waals surface area contributed by atoms with Crippen LogP contribution in [0, 0.1) is 10.1 Å². The van der Waals surface area contributed by atoms with E-state index in [9.17, 15) is 19.7 Å². The lowest BCUT2D eigenvalue weighted by Gasteiger charge is -2.21. The first-order valence-electron chi connectivity index (χ1n) is 5.95. The summed E-state index contributed by atoms with van der Waals surface area (Å²) in [6.45, 7) is 0.732. The fourth-order valence-corrected chi connectivity index (χ4v) is 1.69. The maximum Gasteiger partial charge on any atom is 0.323 e. The fourth-order valence-electron chi connectivity index (χ4n) is 1.69. The Morgan fingerprint density at radius 1 is 1.29 bits per heavy atom. The largest absolute Gasteiger partial charge is 0.487 e. The minimum atomic E-state index is -1.22. The van der Waals surface area contributed by atoms with Crippen LogP contribution in [-0.4, -0.2) is 46.8 Å². The van der Waals surface area contributed by atoms with Crippen molar-refractivity contribution in [2.45, 2.75) is 6.92 Å². The van der Waals surface area contributed by atoms with Gasteiger partial charge in [-0.15, -0.1) is 0 Å². The van der Waals surface area contributed by atoms with Crippen LogP contribution in [0.15, 0.2) is 18.2 Å². The van der Waals surface area contributed by atoms with Crippen LogP contribution in [0.25, 0.3) is 0 Å². The van der Waals surface area contributed by atoms with E-state index in [0.29, 0.717) is 0 Å². The van der Waals surface area contributed by atoms with E-state index in [1.165, 1.54) is 12.1 Å². The average molecular weight is 298 g/mol. The van der Waals surface area contributed by atoms with Crippen LogP contribution in [0.3, 0.4) is 0 Å². The van der Waals surface area contributed by atoms with E-state index in [1.807, 2.05) is 0 Å². The summed E-state index contributed by atoms with van der Waals surface area (Å²) in [5, 5.41) is 28.5. The number of ether oxygens (including phenoxy) is 1. The first-order valence-corrected chi connectivity index (χ1v) is 5.95. The molecular weight excluding hydrogens is 284 g/mol. The van der Waals surface area contributed by atoms with Crippen LogP contribution in [0.4, 0.5) is 11.4 Å². The number of rotatable bonds is 8. The monoisotopic (exact) mass is 298 g/mol. The number of hydrogen-bond donors (Lipinski definition) is 2. The molecule has 21 heavy (non-hydrogen) atoms. The molecule has 9 heteroatoms. The predicted molar refractivity (Wildman–Crippen MR) is 71.8 cm³/mol. The van der Waals surface area contributed by atoms with E-state index in [4.69, 9.17) is 14.9 Å². The lowest BCUT2D eigenvalue weighted by atomic mass is 10.2. The van der Waals surface area contributed by atoms with E-state index in [0.717, 1.165) is 11.0 Å². The summed E-state index contributed by atoms with van der Waals surface area (Å²) in [7, 11) is 0. The number of carboxylic acid groups (broad SMARTS) is 2. The summed E-state index contributed by atoms with van der Waals surface area (Å²) >= 11 is 0. The molecule has 0 saturated carbocycles. The number of carbonyl (C=O) groups is 2. The van der Waals surface area contributed by atoms with Gasteiger partial charge in [-0.05, 0) is 13.0 Å². The van der Waals surface area contributed by atoms with Gasteiger partial charge in [-0.3, -0.25) is 19.7 Å². The molecule has 1 aromatic carbocycles. The van der Waals surface area contributed by atoms with Gasteiger partial charge in [0.1, 0.15) is 13.1 Å². The highest BCUT2D eigenvalue weighted by atomic mass is 16.6. The molecule has 2 N–H and O–H groups in total. The van der Waals surface area contributed by atoms with E-state index >= 15 is 0 Å². The van der Waals surface area contributed by atoms with E-state index in [-0.39, 0.29) is 23.7 Å². The lowest BCUT2D eigenvalue weighted by Crippen LogP contribution is -2.34. The highest BCUT2D eigenvalue weighted by Gasteiger charge is 2.20.